The maximum absolute atomic E-state index is 12.1. The van der Waals surface area contributed by atoms with Gasteiger partial charge in [0.15, 0.2) is 0 Å². The number of benzene rings is 2. The van der Waals surface area contributed by atoms with Gasteiger partial charge in [-0.3, -0.25) is 4.79 Å². The zero-order chi connectivity index (χ0) is 24.8. The number of H-pyrrole nitrogens is 1. The van der Waals surface area contributed by atoms with Crippen LogP contribution < -0.4 is 9.80 Å². The summed E-state index contributed by atoms with van der Waals surface area (Å²) in [4.78, 5) is 27.0. The van der Waals surface area contributed by atoms with Crippen molar-refractivity contribution in [2.45, 2.75) is 26.7 Å². The van der Waals surface area contributed by atoms with Gasteiger partial charge < -0.3 is 19.7 Å². The number of aromatic amines is 1. The van der Waals surface area contributed by atoms with Crippen LogP contribution in [0.2, 0.25) is 0 Å². The molecule has 1 N–H and O–H groups in total. The van der Waals surface area contributed by atoms with Crippen molar-refractivity contribution in [2.24, 2.45) is 0 Å². The third kappa shape index (κ3) is 4.05. The molecule has 6 heteroatoms. The number of carbonyl (C=O) groups is 1. The summed E-state index contributed by atoms with van der Waals surface area (Å²) in [6.07, 6.45) is 5.58. The Balaban J connectivity index is 1.32. The number of nitrogens with zero attached hydrogens (tertiary/aromatic N) is 4. The summed E-state index contributed by atoms with van der Waals surface area (Å²) in [6, 6.07) is 15.2. The molecule has 0 atom stereocenters. The van der Waals surface area contributed by atoms with Crippen LogP contribution in [0.3, 0.4) is 0 Å². The van der Waals surface area contributed by atoms with Gasteiger partial charge in [0.05, 0.1) is 0 Å². The van der Waals surface area contributed by atoms with Crippen molar-refractivity contribution in [3.8, 4) is 22.3 Å². The van der Waals surface area contributed by atoms with Crippen molar-refractivity contribution in [3.05, 3.63) is 66.0 Å². The van der Waals surface area contributed by atoms with E-state index in [-0.39, 0.29) is 5.91 Å². The number of hydrogen-bond acceptors (Lipinski definition) is 4. The molecule has 4 aromatic rings. The average Bonchev–Trinajstić information content (AvgIpc) is 3.50. The highest BCUT2D eigenvalue weighted by molar-refractivity contribution is 5.98. The number of aromatic nitrogens is 2. The second-order valence-corrected chi connectivity index (χ2v) is 10.3. The summed E-state index contributed by atoms with van der Waals surface area (Å²) < 4.78 is 0. The minimum absolute atomic E-state index is 0.216. The molecule has 0 unspecified atom stereocenters. The number of rotatable bonds is 4. The van der Waals surface area contributed by atoms with Crippen molar-refractivity contribution in [3.63, 3.8) is 0 Å². The zero-order valence-electron chi connectivity index (χ0n) is 21.3. The van der Waals surface area contributed by atoms with E-state index >= 15 is 0 Å². The summed E-state index contributed by atoms with van der Waals surface area (Å²) in [5.74, 6) is 0.216. The molecule has 0 saturated carbocycles. The monoisotopic (exact) mass is 479 g/mol. The Bertz CT molecular complexity index is 1410. The van der Waals surface area contributed by atoms with E-state index in [0.29, 0.717) is 6.42 Å². The van der Waals surface area contributed by atoms with Gasteiger partial charge in [-0.05, 0) is 79.9 Å². The second kappa shape index (κ2) is 9.10. The van der Waals surface area contributed by atoms with Crippen LogP contribution in [0.1, 0.15) is 24.0 Å². The summed E-state index contributed by atoms with van der Waals surface area (Å²) >= 11 is 0. The molecule has 2 aromatic heterocycles. The van der Waals surface area contributed by atoms with Crippen molar-refractivity contribution in [1.82, 2.24) is 14.9 Å². The molecule has 1 amide bonds. The first-order chi connectivity index (χ1) is 17.5. The lowest BCUT2D eigenvalue weighted by atomic mass is 9.97. The van der Waals surface area contributed by atoms with E-state index in [1.807, 2.05) is 17.3 Å². The molecule has 0 aliphatic carbocycles. The second-order valence-electron chi connectivity index (χ2n) is 10.3. The number of fused-ring (bicyclic) bond motifs is 1. The maximum atomic E-state index is 12.1. The summed E-state index contributed by atoms with van der Waals surface area (Å²) in [5.41, 5.74) is 10.4. The Morgan fingerprint density at radius 1 is 0.861 bits per heavy atom. The number of likely N-dealkylation sites (N-methyl/N-ethyl adjacent to an activating group) is 1. The minimum atomic E-state index is 0.216. The molecular weight excluding hydrogens is 446 g/mol. The van der Waals surface area contributed by atoms with E-state index in [1.54, 1.807) is 0 Å². The van der Waals surface area contributed by atoms with Gasteiger partial charge in [0.25, 0.3) is 0 Å². The van der Waals surface area contributed by atoms with Crippen LogP contribution in [0, 0.1) is 13.8 Å². The highest BCUT2D eigenvalue weighted by Gasteiger charge is 2.22. The van der Waals surface area contributed by atoms with E-state index in [2.05, 4.69) is 78.1 Å². The van der Waals surface area contributed by atoms with Crippen LogP contribution in [-0.2, 0) is 4.79 Å². The first kappa shape index (κ1) is 22.8. The molecule has 6 nitrogen and oxygen atoms in total. The predicted octanol–water partition coefficient (Wildman–Crippen LogP) is 5.39. The molecule has 2 saturated heterocycles. The number of anilines is 2. The van der Waals surface area contributed by atoms with Crippen LogP contribution in [0.15, 0.2) is 54.9 Å². The van der Waals surface area contributed by atoms with Crippen LogP contribution in [0.4, 0.5) is 11.4 Å². The van der Waals surface area contributed by atoms with Gasteiger partial charge >= 0.3 is 0 Å². The van der Waals surface area contributed by atoms with Gasteiger partial charge in [-0.1, -0.05) is 12.1 Å². The summed E-state index contributed by atoms with van der Waals surface area (Å²) in [6.45, 7) is 9.62. The Labute approximate surface area is 212 Å². The van der Waals surface area contributed by atoms with Crippen molar-refractivity contribution >= 4 is 28.3 Å². The maximum Gasteiger partial charge on any atom is 0.227 e. The smallest absolute Gasteiger partial charge is 0.227 e. The number of nitrogens with one attached hydrogen (secondary N) is 1. The lowest BCUT2D eigenvalue weighted by Gasteiger charge is -2.36. The number of carbonyl (C=O) groups excluding carboxylic acids is 1. The van der Waals surface area contributed by atoms with Gasteiger partial charge in [0.1, 0.15) is 5.65 Å². The van der Waals surface area contributed by atoms with E-state index in [4.69, 9.17) is 4.98 Å². The summed E-state index contributed by atoms with van der Waals surface area (Å²) in [7, 11) is 2.20. The third-order valence-corrected chi connectivity index (χ3v) is 7.74. The fourth-order valence-electron chi connectivity index (χ4n) is 5.79. The molecule has 0 radical (unpaired) electrons. The first-order valence-corrected chi connectivity index (χ1v) is 12.9. The van der Waals surface area contributed by atoms with E-state index in [0.717, 1.165) is 72.6 Å². The Morgan fingerprint density at radius 3 is 2.25 bits per heavy atom. The van der Waals surface area contributed by atoms with Gasteiger partial charge in [-0.25, -0.2) is 4.98 Å². The van der Waals surface area contributed by atoms with Crippen molar-refractivity contribution in [2.75, 3.05) is 49.6 Å². The molecule has 4 heterocycles. The standard InChI is InChI=1S/C30H33N5O/c1-20-15-23(16-21(2)29(20)34-13-11-33(3)12-14-34)24-17-26-27(19-32-30(26)31-18-24)22-6-8-25(9-7-22)35-10-4-5-28(35)36/h6-9,15-19H,4-5,10-14H2,1-3H3,(H,31,32). The topological polar surface area (TPSA) is 55.5 Å². The Morgan fingerprint density at radius 2 is 1.58 bits per heavy atom. The van der Waals surface area contributed by atoms with E-state index in [1.165, 1.54) is 22.4 Å². The molecule has 184 valence electrons. The van der Waals surface area contributed by atoms with Crippen molar-refractivity contribution < 1.29 is 4.79 Å². The Hall–Kier alpha value is -3.64. The Kier molecular flexibility index (Phi) is 5.76. The number of hydrogen-bond donors (Lipinski definition) is 1. The lowest BCUT2D eigenvalue weighted by Crippen LogP contribution is -2.45. The fraction of sp³-hybridized carbons (Fsp3) is 0.333. The molecule has 6 rings (SSSR count). The van der Waals surface area contributed by atoms with E-state index < -0.39 is 0 Å². The van der Waals surface area contributed by atoms with Crippen LogP contribution in [0.25, 0.3) is 33.3 Å². The lowest BCUT2D eigenvalue weighted by molar-refractivity contribution is -0.117. The molecule has 2 aliphatic heterocycles. The van der Waals surface area contributed by atoms with Crippen molar-refractivity contribution in [1.29, 1.82) is 0 Å². The quantitative estimate of drug-likeness (QED) is 0.426. The molecule has 36 heavy (non-hydrogen) atoms. The first-order valence-electron chi connectivity index (χ1n) is 12.9. The summed E-state index contributed by atoms with van der Waals surface area (Å²) in [5, 5.41) is 1.11. The number of aryl methyl sites for hydroxylation is 2. The van der Waals surface area contributed by atoms with E-state index in [9.17, 15) is 4.79 Å². The number of amides is 1. The van der Waals surface area contributed by atoms with Gasteiger partial charge in [-0.15, -0.1) is 0 Å². The molecule has 0 spiro atoms. The number of pyridine rings is 1. The third-order valence-electron chi connectivity index (χ3n) is 7.74. The molecular formula is C30H33N5O. The highest BCUT2D eigenvalue weighted by atomic mass is 16.2. The van der Waals surface area contributed by atoms with Gasteiger partial charge in [-0.2, -0.15) is 0 Å². The van der Waals surface area contributed by atoms with Crippen LogP contribution in [-0.4, -0.2) is 60.5 Å². The molecule has 2 fully saturated rings. The fourth-order valence-corrected chi connectivity index (χ4v) is 5.79. The SMILES string of the molecule is Cc1cc(-c2cnc3[nH]cc(-c4ccc(N5CCCC5=O)cc4)c3c2)cc(C)c1N1CCN(C)CC1. The van der Waals surface area contributed by atoms with Crippen LogP contribution in [0.5, 0.6) is 0 Å². The van der Waals surface area contributed by atoms with Gasteiger partial charge in [0.2, 0.25) is 5.91 Å². The van der Waals surface area contributed by atoms with Crippen LogP contribution >= 0.6 is 0 Å². The molecule has 2 aliphatic rings. The number of piperazine rings is 1. The molecule has 2 aromatic carbocycles. The highest BCUT2D eigenvalue weighted by Crippen LogP contribution is 2.35. The van der Waals surface area contributed by atoms with Gasteiger partial charge in [0, 0.05) is 79.4 Å². The minimum Gasteiger partial charge on any atom is -0.369 e. The average molecular weight is 480 g/mol. The normalized spacial score (nSPS) is 16.9. The zero-order valence-corrected chi connectivity index (χ0v) is 21.3. The molecule has 0 bridgehead atoms. The predicted molar refractivity (Wildman–Crippen MR) is 148 cm³/mol. The largest absolute Gasteiger partial charge is 0.369 e.